The quantitative estimate of drug-likeness (QED) is 0.512. The molecule has 0 radical (unpaired) electrons. The van der Waals surface area contributed by atoms with Crippen molar-refractivity contribution in [1.29, 1.82) is 0 Å². The molecule has 29 heavy (non-hydrogen) atoms. The maximum Gasteiger partial charge on any atom is 0.261 e. The second-order valence-corrected chi connectivity index (χ2v) is 6.94. The molecule has 5 rings (SSSR count). The summed E-state index contributed by atoms with van der Waals surface area (Å²) in [7, 11) is 0. The molecule has 1 amide bonds. The number of hydrogen-bond acceptors (Lipinski definition) is 7. The highest BCUT2D eigenvalue weighted by molar-refractivity contribution is 5.78. The van der Waals surface area contributed by atoms with E-state index in [0.29, 0.717) is 48.0 Å². The third-order valence-corrected chi connectivity index (χ3v) is 5.06. The predicted molar refractivity (Wildman–Crippen MR) is 102 cm³/mol. The van der Waals surface area contributed by atoms with E-state index in [1.54, 1.807) is 41.5 Å². The molecule has 4 aromatic rings. The second kappa shape index (κ2) is 7.01. The van der Waals surface area contributed by atoms with Gasteiger partial charge in [-0.15, -0.1) is 0 Å². The Hall–Kier alpha value is -3.75. The highest BCUT2D eigenvalue weighted by atomic mass is 16.5. The van der Waals surface area contributed by atoms with E-state index >= 15 is 0 Å². The largest absolute Gasteiger partial charge is 0.461 e. The lowest BCUT2D eigenvalue weighted by molar-refractivity contribution is -0.136. The number of fused-ring (bicyclic) bond motifs is 1. The Kier molecular flexibility index (Phi) is 4.19. The van der Waals surface area contributed by atoms with Crippen molar-refractivity contribution in [3.05, 3.63) is 65.2 Å². The molecule has 146 valence electrons. The maximum absolute atomic E-state index is 12.5. The van der Waals surface area contributed by atoms with Crippen molar-refractivity contribution in [3.8, 4) is 11.6 Å². The van der Waals surface area contributed by atoms with E-state index in [0.717, 1.165) is 0 Å². The van der Waals surface area contributed by atoms with Crippen LogP contribution < -0.4 is 5.56 Å². The van der Waals surface area contributed by atoms with Gasteiger partial charge in [0, 0.05) is 26.1 Å². The molecule has 1 saturated heterocycles. The van der Waals surface area contributed by atoms with Gasteiger partial charge in [0.1, 0.15) is 0 Å². The van der Waals surface area contributed by atoms with E-state index in [4.69, 9.17) is 8.94 Å². The molecule has 0 unspecified atom stereocenters. The fraction of sp³-hybridized carbons (Fsp3) is 0.250. The minimum atomic E-state index is -0.138. The van der Waals surface area contributed by atoms with Gasteiger partial charge in [-0.3, -0.25) is 14.2 Å². The van der Waals surface area contributed by atoms with Gasteiger partial charge in [-0.1, -0.05) is 17.3 Å². The van der Waals surface area contributed by atoms with Crippen molar-refractivity contribution in [1.82, 2.24) is 24.6 Å². The molecule has 0 bridgehead atoms. The number of carbonyl (C=O) groups excluding carboxylic acids is 1. The summed E-state index contributed by atoms with van der Waals surface area (Å²) in [5.41, 5.74) is 0.514. The van der Waals surface area contributed by atoms with Gasteiger partial charge in [0.15, 0.2) is 5.76 Å². The van der Waals surface area contributed by atoms with Gasteiger partial charge >= 0.3 is 0 Å². The summed E-state index contributed by atoms with van der Waals surface area (Å²) in [5, 5.41) is 4.46. The highest BCUT2D eigenvalue weighted by Gasteiger charge is 2.35. The monoisotopic (exact) mass is 391 g/mol. The molecule has 0 N–H and O–H groups in total. The zero-order valence-corrected chi connectivity index (χ0v) is 15.4. The van der Waals surface area contributed by atoms with Gasteiger partial charge < -0.3 is 13.8 Å². The standard InChI is InChI=1S/C20H17N5O4/c26-17(7-8-24-12-21-15-5-2-1-4-14(15)20(24)27)25-10-13(11-25)19-22-18(23-29-19)16-6-3-9-28-16/h1-6,9,12-13H,7-8,10-11H2. The Morgan fingerprint density at radius 2 is 2.03 bits per heavy atom. The van der Waals surface area contributed by atoms with E-state index in [-0.39, 0.29) is 23.8 Å². The molecule has 1 aliphatic rings. The first-order valence-corrected chi connectivity index (χ1v) is 9.28. The van der Waals surface area contributed by atoms with E-state index in [9.17, 15) is 9.59 Å². The van der Waals surface area contributed by atoms with Crippen molar-refractivity contribution in [2.75, 3.05) is 13.1 Å². The Morgan fingerprint density at radius 1 is 1.17 bits per heavy atom. The molecule has 1 fully saturated rings. The fourth-order valence-corrected chi connectivity index (χ4v) is 3.38. The zero-order valence-electron chi connectivity index (χ0n) is 15.4. The van der Waals surface area contributed by atoms with Crippen molar-refractivity contribution >= 4 is 16.8 Å². The van der Waals surface area contributed by atoms with Crippen LogP contribution in [-0.4, -0.2) is 43.6 Å². The van der Waals surface area contributed by atoms with Crippen LogP contribution >= 0.6 is 0 Å². The van der Waals surface area contributed by atoms with Crippen LogP contribution in [0.1, 0.15) is 18.2 Å². The van der Waals surface area contributed by atoms with E-state index in [2.05, 4.69) is 15.1 Å². The zero-order chi connectivity index (χ0) is 19.8. The lowest BCUT2D eigenvalue weighted by Crippen LogP contribution is -2.48. The van der Waals surface area contributed by atoms with Gasteiger partial charge in [-0.25, -0.2) is 4.98 Å². The summed E-state index contributed by atoms with van der Waals surface area (Å²) in [6.07, 6.45) is 3.27. The third kappa shape index (κ3) is 3.20. The number of para-hydroxylation sites is 1. The van der Waals surface area contributed by atoms with Crippen molar-refractivity contribution in [2.24, 2.45) is 0 Å². The number of furan rings is 1. The van der Waals surface area contributed by atoms with Crippen LogP contribution in [0.25, 0.3) is 22.5 Å². The number of nitrogens with zero attached hydrogens (tertiary/aromatic N) is 5. The molecule has 4 heterocycles. The van der Waals surface area contributed by atoms with E-state index < -0.39 is 0 Å². The average molecular weight is 391 g/mol. The molecule has 0 spiro atoms. The van der Waals surface area contributed by atoms with Crippen LogP contribution in [0, 0.1) is 0 Å². The molecular weight excluding hydrogens is 374 g/mol. The summed E-state index contributed by atoms with van der Waals surface area (Å²) in [4.78, 5) is 35.3. The summed E-state index contributed by atoms with van der Waals surface area (Å²) in [6, 6.07) is 10.7. The molecule has 1 aliphatic heterocycles. The van der Waals surface area contributed by atoms with Crippen LogP contribution in [0.2, 0.25) is 0 Å². The summed E-state index contributed by atoms with van der Waals surface area (Å²) >= 11 is 0. The molecule has 9 heteroatoms. The van der Waals surface area contributed by atoms with Crippen LogP contribution in [0.3, 0.4) is 0 Å². The lowest BCUT2D eigenvalue weighted by atomic mass is 9.99. The molecular formula is C20H17N5O4. The SMILES string of the molecule is O=C(CCn1cnc2ccccc2c1=O)N1CC(c2nc(-c3ccco3)no2)C1. The van der Waals surface area contributed by atoms with Gasteiger partial charge in [-0.2, -0.15) is 4.98 Å². The smallest absolute Gasteiger partial charge is 0.261 e. The fourth-order valence-electron chi connectivity index (χ4n) is 3.38. The van der Waals surface area contributed by atoms with E-state index in [1.807, 2.05) is 6.07 Å². The molecule has 0 aliphatic carbocycles. The Balaban J connectivity index is 1.18. The number of hydrogen-bond donors (Lipinski definition) is 0. The van der Waals surface area contributed by atoms with Crippen molar-refractivity contribution in [3.63, 3.8) is 0 Å². The third-order valence-electron chi connectivity index (χ3n) is 5.06. The number of aryl methyl sites for hydroxylation is 1. The van der Waals surface area contributed by atoms with Crippen LogP contribution in [0.15, 0.2) is 62.7 Å². The molecule has 1 aromatic carbocycles. The maximum atomic E-state index is 12.5. The first-order valence-electron chi connectivity index (χ1n) is 9.28. The Bertz CT molecular complexity index is 1220. The first-order chi connectivity index (χ1) is 14.2. The minimum Gasteiger partial charge on any atom is -0.461 e. The van der Waals surface area contributed by atoms with Gasteiger partial charge in [0.25, 0.3) is 5.56 Å². The van der Waals surface area contributed by atoms with Crippen LogP contribution in [0.4, 0.5) is 0 Å². The molecule has 3 aromatic heterocycles. The van der Waals surface area contributed by atoms with Crippen LogP contribution in [0.5, 0.6) is 0 Å². The van der Waals surface area contributed by atoms with Crippen molar-refractivity contribution < 1.29 is 13.7 Å². The number of benzene rings is 1. The molecule has 0 saturated carbocycles. The minimum absolute atomic E-state index is 0.0141. The highest BCUT2D eigenvalue weighted by Crippen LogP contribution is 2.28. The number of aromatic nitrogens is 4. The topological polar surface area (TPSA) is 107 Å². The van der Waals surface area contributed by atoms with Gasteiger partial charge in [0.2, 0.25) is 17.6 Å². The average Bonchev–Trinajstić information content (AvgIpc) is 3.38. The summed E-state index contributed by atoms with van der Waals surface area (Å²) in [5.74, 6) is 1.43. The normalized spacial score (nSPS) is 14.3. The molecule has 9 nitrogen and oxygen atoms in total. The first kappa shape index (κ1) is 17.4. The Morgan fingerprint density at radius 3 is 2.86 bits per heavy atom. The van der Waals surface area contributed by atoms with Crippen molar-refractivity contribution in [2.45, 2.75) is 18.9 Å². The van der Waals surface area contributed by atoms with E-state index in [1.165, 1.54) is 10.9 Å². The second-order valence-electron chi connectivity index (χ2n) is 6.94. The predicted octanol–water partition coefficient (Wildman–Crippen LogP) is 2.06. The summed E-state index contributed by atoms with van der Waals surface area (Å²) < 4.78 is 12.0. The van der Waals surface area contributed by atoms with Gasteiger partial charge in [0.05, 0.1) is 29.4 Å². The number of amides is 1. The van der Waals surface area contributed by atoms with Gasteiger partial charge in [-0.05, 0) is 24.3 Å². The number of rotatable bonds is 5. The lowest BCUT2D eigenvalue weighted by Gasteiger charge is -2.37. The summed E-state index contributed by atoms with van der Waals surface area (Å²) in [6.45, 7) is 1.33. The molecule has 0 atom stereocenters. The number of likely N-dealkylation sites (tertiary alicyclic amines) is 1. The number of carbonyl (C=O) groups is 1. The van der Waals surface area contributed by atoms with Crippen LogP contribution in [-0.2, 0) is 11.3 Å². The Labute approximate surface area is 164 Å².